The molecule has 0 saturated heterocycles. The molecular formula is C26H21NO3. The van der Waals surface area contributed by atoms with Crippen molar-refractivity contribution in [2.24, 2.45) is 5.92 Å². The number of allylic oxidation sites excluding steroid dienone is 1. The van der Waals surface area contributed by atoms with Gasteiger partial charge in [-0.15, -0.1) is 0 Å². The summed E-state index contributed by atoms with van der Waals surface area (Å²) in [4.78, 5) is 24.1. The molecule has 0 spiro atoms. The second kappa shape index (κ2) is 10.5. The Balaban J connectivity index is 1.98. The fourth-order valence-corrected chi connectivity index (χ4v) is 3.21. The molecule has 0 aliphatic carbocycles. The second-order valence-corrected chi connectivity index (χ2v) is 6.81. The van der Waals surface area contributed by atoms with Crippen molar-refractivity contribution in [3.8, 4) is 11.8 Å². The highest BCUT2D eigenvalue weighted by molar-refractivity contribution is 6.00. The van der Waals surface area contributed by atoms with Crippen LogP contribution in [0.3, 0.4) is 0 Å². The molecule has 3 rings (SSSR count). The molecule has 3 aromatic carbocycles. The van der Waals surface area contributed by atoms with Gasteiger partial charge < -0.3 is 0 Å². The normalized spacial score (nSPS) is 12.5. The third kappa shape index (κ3) is 6.02. The highest BCUT2D eigenvalue weighted by Gasteiger charge is 2.30. The van der Waals surface area contributed by atoms with E-state index in [1.807, 2.05) is 97.1 Å². The summed E-state index contributed by atoms with van der Waals surface area (Å²) in [6, 6.07) is 27.9. The van der Waals surface area contributed by atoms with Crippen molar-refractivity contribution in [2.75, 3.05) is 6.54 Å². The van der Waals surface area contributed by atoms with Gasteiger partial charge >= 0.3 is 0 Å². The fourth-order valence-electron chi connectivity index (χ4n) is 3.21. The number of benzene rings is 3. The minimum atomic E-state index is -0.741. The molecular weight excluding hydrogens is 374 g/mol. The smallest absolute Gasteiger partial charge is 0.213 e. The Kier molecular flexibility index (Phi) is 7.29. The number of nitrogens with zero attached hydrogens (tertiary/aromatic N) is 1. The van der Waals surface area contributed by atoms with E-state index in [1.54, 1.807) is 6.08 Å². The Hall–Kier alpha value is -3.97. The first-order valence-electron chi connectivity index (χ1n) is 9.64. The summed E-state index contributed by atoms with van der Waals surface area (Å²) in [5.74, 6) is 3.88. The van der Waals surface area contributed by atoms with Crippen LogP contribution in [-0.2, 0) is 4.79 Å². The standard InChI is InChI=1S/C26H21NO3/c28-26(19-17-22-12-6-2-7-13-22)24(18-16-21-10-4-1-5-11-21)25(20-27(29)30)23-14-8-3-9-15-23/h1-16,18,24-25H,20H2/b18-16+/t24-,25+/m0/s1. The van der Waals surface area contributed by atoms with Gasteiger partial charge in [-0.3, -0.25) is 14.9 Å². The maximum Gasteiger partial charge on any atom is 0.213 e. The summed E-state index contributed by atoms with van der Waals surface area (Å²) >= 11 is 0. The number of hydrogen-bond donors (Lipinski definition) is 0. The van der Waals surface area contributed by atoms with Gasteiger partial charge in [0.05, 0.1) is 11.8 Å². The maximum atomic E-state index is 13.1. The monoisotopic (exact) mass is 395 g/mol. The molecule has 148 valence electrons. The Morgan fingerprint density at radius 2 is 1.47 bits per heavy atom. The van der Waals surface area contributed by atoms with Crippen molar-refractivity contribution >= 4 is 11.9 Å². The number of rotatable bonds is 7. The third-order valence-electron chi connectivity index (χ3n) is 4.71. The van der Waals surface area contributed by atoms with E-state index in [0.29, 0.717) is 0 Å². The van der Waals surface area contributed by atoms with Crippen molar-refractivity contribution in [1.29, 1.82) is 0 Å². The van der Waals surface area contributed by atoms with Gasteiger partial charge in [-0.2, -0.15) is 0 Å². The first-order chi connectivity index (χ1) is 14.6. The quantitative estimate of drug-likeness (QED) is 0.321. The van der Waals surface area contributed by atoms with Crippen molar-refractivity contribution < 1.29 is 9.72 Å². The molecule has 3 aromatic rings. The van der Waals surface area contributed by atoms with E-state index in [-0.39, 0.29) is 17.3 Å². The zero-order valence-electron chi connectivity index (χ0n) is 16.3. The van der Waals surface area contributed by atoms with Crippen LogP contribution in [-0.4, -0.2) is 17.3 Å². The Morgan fingerprint density at radius 1 is 0.900 bits per heavy atom. The first kappa shape index (κ1) is 20.8. The molecule has 0 aliphatic rings. The fraction of sp³-hybridized carbons (Fsp3) is 0.115. The van der Waals surface area contributed by atoms with Gasteiger partial charge in [0, 0.05) is 10.5 Å². The topological polar surface area (TPSA) is 60.2 Å². The molecule has 30 heavy (non-hydrogen) atoms. The van der Waals surface area contributed by atoms with E-state index < -0.39 is 11.8 Å². The second-order valence-electron chi connectivity index (χ2n) is 6.81. The molecule has 0 radical (unpaired) electrons. The highest BCUT2D eigenvalue weighted by Crippen LogP contribution is 2.28. The average molecular weight is 395 g/mol. The van der Waals surface area contributed by atoms with Crippen LogP contribution in [0.2, 0.25) is 0 Å². The van der Waals surface area contributed by atoms with Crippen LogP contribution in [0.5, 0.6) is 0 Å². The average Bonchev–Trinajstić information content (AvgIpc) is 2.79. The molecule has 0 N–H and O–H groups in total. The van der Waals surface area contributed by atoms with Crippen LogP contribution in [0.15, 0.2) is 97.1 Å². The SMILES string of the molecule is O=C(C#Cc1ccccc1)[C@@H](/C=C/c1ccccc1)[C@H](C[N+](=O)[O-])c1ccccc1. The van der Waals surface area contributed by atoms with Crippen LogP contribution in [0.4, 0.5) is 0 Å². The Labute approximate surface area is 176 Å². The summed E-state index contributed by atoms with van der Waals surface area (Å²) in [5, 5.41) is 11.4. The van der Waals surface area contributed by atoms with Gasteiger partial charge in [-0.05, 0) is 29.2 Å². The largest absolute Gasteiger partial charge is 0.284 e. The number of nitro groups is 1. The van der Waals surface area contributed by atoms with Crippen molar-refractivity contribution in [3.05, 3.63) is 124 Å². The van der Waals surface area contributed by atoms with Gasteiger partial charge in [-0.1, -0.05) is 96.9 Å². The zero-order chi connectivity index (χ0) is 21.2. The Bertz CT molecular complexity index is 1060. The molecule has 0 aromatic heterocycles. The molecule has 0 unspecified atom stereocenters. The molecule has 0 saturated carbocycles. The van der Waals surface area contributed by atoms with Gasteiger partial charge in [0.1, 0.15) is 0 Å². The molecule has 0 bridgehead atoms. The van der Waals surface area contributed by atoms with E-state index in [0.717, 1.165) is 16.7 Å². The number of carbonyl (C=O) groups is 1. The lowest BCUT2D eigenvalue weighted by atomic mass is 9.82. The molecule has 2 atom stereocenters. The Morgan fingerprint density at radius 3 is 2.07 bits per heavy atom. The molecule has 0 heterocycles. The van der Waals surface area contributed by atoms with Crippen LogP contribution in [0.25, 0.3) is 6.08 Å². The summed E-state index contributed by atoms with van der Waals surface area (Å²) in [6.45, 7) is -0.355. The molecule has 0 fully saturated rings. The third-order valence-corrected chi connectivity index (χ3v) is 4.71. The summed E-state index contributed by atoms with van der Waals surface area (Å²) in [7, 11) is 0. The molecule has 4 heteroatoms. The number of carbonyl (C=O) groups excluding carboxylic acids is 1. The van der Waals surface area contributed by atoms with Gasteiger partial charge in [0.2, 0.25) is 12.3 Å². The minimum Gasteiger partial charge on any atom is -0.284 e. The number of Topliss-reactive ketones (excluding diaryl/α,β-unsaturated/α-hetero) is 1. The van der Waals surface area contributed by atoms with Gasteiger partial charge in [0.15, 0.2) is 0 Å². The van der Waals surface area contributed by atoms with Crippen molar-refractivity contribution in [1.82, 2.24) is 0 Å². The van der Waals surface area contributed by atoms with E-state index in [4.69, 9.17) is 0 Å². The van der Waals surface area contributed by atoms with E-state index in [1.165, 1.54) is 0 Å². The maximum absolute atomic E-state index is 13.1. The highest BCUT2D eigenvalue weighted by atomic mass is 16.6. The van der Waals surface area contributed by atoms with Gasteiger partial charge in [0.25, 0.3) is 0 Å². The van der Waals surface area contributed by atoms with E-state index in [2.05, 4.69) is 11.8 Å². The predicted octanol–water partition coefficient (Wildman–Crippen LogP) is 5.00. The van der Waals surface area contributed by atoms with Crippen LogP contribution in [0.1, 0.15) is 22.6 Å². The lowest BCUT2D eigenvalue weighted by Crippen LogP contribution is -2.25. The summed E-state index contributed by atoms with van der Waals surface area (Å²) in [5.41, 5.74) is 2.38. The lowest BCUT2D eigenvalue weighted by molar-refractivity contribution is -0.484. The zero-order valence-corrected chi connectivity index (χ0v) is 16.3. The van der Waals surface area contributed by atoms with E-state index >= 15 is 0 Å². The minimum absolute atomic E-state index is 0.346. The van der Waals surface area contributed by atoms with Crippen LogP contribution >= 0.6 is 0 Å². The van der Waals surface area contributed by atoms with Crippen molar-refractivity contribution in [3.63, 3.8) is 0 Å². The van der Waals surface area contributed by atoms with Crippen LogP contribution in [0, 0.1) is 27.9 Å². The first-order valence-corrected chi connectivity index (χ1v) is 9.64. The molecule has 4 nitrogen and oxygen atoms in total. The molecule has 0 amide bonds. The lowest BCUT2D eigenvalue weighted by Gasteiger charge is -2.19. The number of ketones is 1. The van der Waals surface area contributed by atoms with Gasteiger partial charge in [-0.25, -0.2) is 0 Å². The van der Waals surface area contributed by atoms with Crippen molar-refractivity contribution in [2.45, 2.75) is 5.92 Å². The van der Waals surface area contributed by atoms with E-state index in [9.17, 15) is 14.9 Å². The number of hydrogen-bond acceptors (Lipinski definition) is 3. The predicted molar refractivity (Wildman–Crippen MR) is 118 cm³/mol. The molecule has 0 aliphatic heterocycles. The summed E-state index contributed by atoms with van der Waals surface area (Å²) < 4.78 is 0. The van der Waals surface area contributed by atoms with Crippen LogP contribution < -0.4 is 0 Å². The summed E-state index contributed by atoms with van der Waals surface area (Å²) in [6.07, 6.45) is 3.56.